The number of hydrogen-bond donors (Lipinski definition) is 3. The van der Waals surface area contributed by atoms with Crippen molar-refractivity contribution in [2.24, 2.45) is 0 Å². The lowest BCUT2D eigenvalue weighted by Gasteiger charge is -2.14. The molecule has 22 heavy (non-hydrogen) atoms. The number of hydrogen-bond acceptors (Lipinski definition) is 4. The molecule has 2 rings (SSSR count). The second-order valence-corrected chi connectivity index (χ2v) is 5.05. The van der Waals surface area contributed by atoms with Crippen LogP contribution in [0.1, 0.15) is 25.8 Å². The van der Waals surface area contributed by atoms with Crippen molar-refractivity contribution in [3.05, 3.63) is 17.7 Å². The molecule has 0 saturated heterocycles. The Hall–Kier alpha value is -2.44. The van der Waals surface area contributed by atoms with Crippen LogP contribution in [0.25, 0.3) is 0 Å². The van der Waals surface area contributed by atoms with Crippen LogP contribution in [-0.4, -0.2) is 36.4 Å². The zero-order valence-corrected chi connectivity index (χ0v) is 12.6. The zero-order chi connectivity index (χ0) is 16.1. The number of rotatable bonds is 6. The molecule has 1 aliphatic heterocycles. The summed E-state index contributed by atoms with van der Waals surface area (Å²) in [6, 6.07) is 3.13. The molecule has 7 nitrogen and oxygen atoms in total. The third kappa shape index (κ3) is 4.03. The van der Waals surface area contributed by atoms with Gasteiger partial charge in [0, 0.05) is 24.6 Å². The van der Waals surface area contributed by atoms with Gasteiger partial charge in [0.05, 0.1) is 18.7 Å². The van der Waals surface area contributed by atoms with E-state index in [2.05, 4.69) is 10.6 Å². The summed E-state index contributed by atoms with van der Waals surface area (Å²) >= 11 is 0. The van der Waals surface area contributed by atoms with Crippen LogP contribution in [0.3, 0.4) is 0 Å². The van der Waals surface area contributed by atoms with Crippen LogP contribution in [0.5, 0.6) is 11.5 Å². The predicted octanol–water partition coefficient (Wildman–Crippen LogP) is 2.00. The Morgan fingerprint density at radius 2 is 2.23 bits per heavy atom. The van der Waals surface area contributed by atoms with Gasteiger partial charge in [0.25, 0.3) is 0 Å². The summed E-state index contributed by atoms with van der Waals surface area (Å²) in [5.74, 6) is 0.347. The maximum atomic E-state index is 11.8. The van der Waals surface area contributed by atoms with Gasteiger partial charge in [0.15, 0.2) is 0 Å². The summed E-state index contributed by atoms with van der Waals surface area (Å²) in [5.41, 5.74) is 1.55. The van der Waals surface area contributed by atoms with Crippen molar-refractivity contribution in [3.8, 4) is 11.5 Å². The lowest BCUT2D eigenvalue weighted by molar-refractivity contribution is -0.136. The Morgan fingerprint density at radius 1 is 1.45 bits per heavy atom. The number of benzene rings is 1. The van der Waals surface area contributed by atoms with Crippen LogP contribution in [-0.2, 0) is 11.2 Å². The molecule has 1 heterocycles. The maximum Gasteiger partial charge on any atom is 0.319 e. The fourth-order valence-electron chi connectivity index (χ4n) is 2.26. The Bertz CT molecular complexity index is 573. The zero-order valence-electron chi connectivity index (χ0n) is 12.6. The van der Waals surface area contributed by atoms with Crippen LogP contribution in [0.2, 0.25) is 0 Å². The SMILES string of the molecule is CCOc1cc2c(cc1NC(=O)NCCC(=O)O)OC(C)C2. The lowest BCUT2D eigenvalue weighted by Crippen LogP contribution is -2.30. The summed E-state index contributed by atoms with van der Waals surface area (Å²) in [5, 5.41) is 13.7. The number of nitrogens with one attached hydrogen (secondary N) is 2. The molecule has 2 amide bonds. The molecule has 120 valence electrons. The van der Waals surface area contributed by atoms with E-state index < -0.39 is 12.0 Å². The first-order valence-corrected chi connectivity index (χ1v) is 7.22. The molecule has 0 fully saturated rings. The maximum absolute atomic E-state index is 11.8. The number of anilines is 1. The molecule has 0 spiro atoms. The van der Waals surface area contributed by atoms with Crippen LogP contribution in [0.4, 0.5) is 10.5 Å². The predicted molar refractivity (Wildman–Crippen MR) is 80.7 cm³/mol. The molecular formula is C15H20N2O5. The highest BCUT2D eigenvalue weighted by molar-refractivity contribution is 5.91. The van der Waals surface area contributed by atoms with Gasteiger partial charge in [-0.1, -0.05) is 0 Å². The van der Waals surface area contributed by atoms with E-state index in [0.29, 0.717) is 18.0 Å². The number of urea groups is 1. The van der Waals surface area contributed by atoms with Crippen molar-refractivity contribution < 1.29 is 24.2 Å². The highest BCUT2D eigenvalue weighted by atomic mass is 16.5. The molecule has 3 N–H and O–H groups in total. The van der Waals surface area contributed by atoms with Crippen LogP contribution >= 0.6 is 0 Å². The van der Waals surface area contributed by atoms with E-state index in [1.54, 1.807) is 6.07 Å². The highest BCUT2D eigenvalue weighted by Gasteiger charge is 2.22. The molecule has 1 aromatic rings. The van der Waals surface area contributed by atoms with Crippen molar-refractivity contribution in [1.82, 2.24) is 5.32 Å². The van der Waals surface area contributed by atoms with Crippen molar-refractivity contribution in [2.45, 2.75) is 32.8 Å². The van der Waals surface area contributed by atoms with Crippen molar-refractivity contribution in [1.29, 1.82) is 0 Å². The van der Waals surface area contributed by atoms with Gasteiger partial charge in [-0.15, -0.1) is 0 Å². The van der Waals surface area contributed by atoms with Crippen molar-refractivity contribution in [3.63, 3.8) is 0 Å². The number of carboxylic acids is 1. The summed E-state index contributed by atoms with van der Waals surface area (Å²) < 4.78 is 11.2. The molecular weight excluding hydrogens is 288 g/mol. The molecule has 0 radical (unpaired) electrons. The van der Waals surface area contributed by atoms with E-state index in [1.165, 1.54) is 0 Å². The molecule has 1 unspecified atom stereocenters. The number of carboxylic acid groups (broad SMARTS) is 1. The van der Waals surface area contributed by atoms with E-state index in [4.69, 9.17) is 14.6 Å². The molecule has 0 aliphatic carbocycles. The number of aliphatic carboxylic acids is 1. The second kappa shape index (κ2) is 7.02. The first kappa shape index (κ1) is 15.9. The van der Waals surface area contributed by atoms with Gasteiger partial charge in [-0.05, 0) is 19.9 Å². The molecule has 7 heteroatoms. The number of fused-ring (bicyclic) bond motifs is 1. The van der Waals surface area contributed by atoms with E-state index >= 15 is 0 Å². The minimum atomic E-state index is -0.963. The van der Waals surface area contributed by atoms with Crippen LogP contribution in [0.15, 0.2) is 12.1 Å². The number of carbonyl (C=O) groups excluding carboxylic acids is 1. The highest BCUT2D eigenvalue weighted by Crippen LogP contribution is 2.37. The van der Waals surface area contributed by atoms with Gasteiger partial charge in [0.2, 0.25) is 0 Å². The third-order valence-corrected chi connectivity index (χ3v) is 3.17. The minimum absolute atomic E-state index is 0.0591. The molecule has 0 saturated carbocycles. The summed E-state index contributed by atoms with van der Waals surface area (Å²) in [6.07, 6.45) is 0.779. The standard InChI is InChI=1S/C15H20N2O5/c1-3-21-13-7-10-6-9(2)22-12(10)8-11(13)17-15(20)16-5-4-14(18)19/h7-9H,3-6H2,1-2H3,(H,18,19)(H2,16,17,20). The van der Waals surface area contributed by atoms with Gasteiger partial charge in [-0.2, -0.15) is 0 Å². The van der Waals surface area contributed by atoms with Gasteiger partial charge in [-0.25, -0.2) is 4.79 Å². The first-order valence-electron chi connectivity index (χ1n) is 7.22. The molecule has 0 bridgehead atoms. The third-order valence-electron chi connectivity index (χ3n) is 3.17. The Balaban J connectivity index is 2.07. The lowest BCUT2D eigenvalue weighted by atomic mass is 10.1. The van der Waals surface area contributed by atoms with Gasteiger partial charge in [-0.3, -0.25) is 4.79 Å². The average Bonchev–Trinajstić information content (AvgIpc) is 2.78. The topological polar surface area (TPSA) is 96.9 Å². The minimum Gasteiger partial charge on any atom is -0.492 e. The fourth-order valence-corrected chi connectivity index (χ4v) is 2.26. The quantitative estimate of drug-likeness (QED) is 0.747. The van der Waals surface area contributed by atoms with Crippen molar-refractivity contribution >= 4 is 17.7 Å². The number of carbonyl (C=O) groups is 2. The van der Waals surface area contributed by atoms with Crippen LogP contribution < -0.4 is 20.1 Å². The molecule has 0 aromatic heterocycles. The number of ether oxygens (including phenoxy) is 2. The van der Waals surface area contributed by atoms with E-state index in [1.807, 2.05) is 19.9 Å². The fraction of sp³-hybridized carbons (Fsp3) is 0.467. The Kier molecular flexibility index (Phi) is 5.08. The average molecular weight is 308 g/mol. The summed E-state index contributed by atoms with van der Waals surface area (Å²) in [4.78, 5) is 22.2. The van der Waals surface area contributed by atoms with Gasteiger partial charge in [0.1, 0.15) is 17.6 Å². The first-order chi connectivity index (χ1) is 10.5. The summed E-state index contributed by atoms with van der Waals surface area (Å²) in [6.45, 7) is 4.38. The smallest absolute Gasteiger partial charge is 0.319 e. The molecule has 1 aliphatic rings. The second-order valence-electron chi connectivity index (χ2n) is 5.05. The summed E-state index contributed by atoms with van der Waals surface area (Å²) in [7, 11) is 0. The normalized spacial score (nSPS) is 15.6. The van der Waals surface area contributed by atoms with Gasteiger partial charge < -0.3 is 25.2 Å². The molecule has 1 aromatic carbocycles. The monoisotopic (exact) mass is 308 g/mol. The largest absolute Gasteiger partial charge is 0.492 e. The van der Waals surface area contributed by atoms with E-state index in [-0.39, 0.29) is 19.1 Å². The van der Waals surface area contributed by atoms with E-state index in [9.17, 15) is 9.59 Å². The number of amides is 2. The van der Waals surface area contributed by atoms with E-state index in [0.717, 1.165) is 17.7 Å². The Labute approximate surface area is 128 Å². The Morgan fingerprint density at radius 3 is 2.91 bits per heavy atom. The molecule has 1 atom stereocenters. The van der Waals surface area contributed by atoms with Crippen LogP contribution in [0, 0.1) is 0 Å². The van der Waals surface area contributed by atoms with Gasteiger partial charge >= 0.3 is 12.0 Å². The van der Waals surface area contributed by atoms with Crippen molar-refractivity contribution in [2.75, 3.05) is 18.5 Å².